The standard InChI is InChI=1S/C21H23N3O2/c1-14-6-5-11-22-18(14)21(9-10-21)13-23-19(25)17-12-24(2)20(26)16-8-4-3-7-15(16)17/h3-8,11,17H,9-10,12-13H2,1-2H3,(H,23,25). The molecule has 2 aliphatic rings. The third kappa shape index (κ3) is 2.77. The number of nitrogens with one attached hydrogen (secondary N) is 1. The van der Waals surface area contributed by atoms with Crippen molar-refractivity contribution < 1.29 is 9.59 Å². The number of aromatic nitrogens is 1. The van der Waals surface area contributed by atoms with Crippen molar-refractivity contribution in [3.8, 4) is 0 Å². The van der Waals surface area contributed by atoms with E-state index in [1.807, 2.05) is 30.5 Å². The number of hydrogen-bond acceptors (Lipinski definition) is 3. The summed E-state index contributed by atoms with van der Waals surface area (Å²) in [6.45, 7) is 3.08. The number of hydrogen-bond donors (Lipinski definition) is 1. The molecule has 1 atom stereocenters. The number of rotatable bonds is 4. The summed E-state index contributed by atoms with van der Waals surface area (Å²) in [5.74, 6) is -0.362. The second kappa shape index (κ2) is 6.24. The lowest BCUT2D eigenvalue weighted by Gasteiger charge is -2.31. The van der Waals surface area contributed by atoms with E-state index >= 15 is 0 Å². The van der Waals surface area contributed by atoms with Gasteiger partial charge in [-0.2, -0.15) is 0 Å². The smallest absolute Gasteiger partial charge is 0.253 e. The van der Waals surface area contributed by atoms with Crippen LogP contribution in [-0.2, 0) is 10.2 Å². The van der Waals surface area contributed by atoms with Crippen molar-refractivity contribution in [2.75, 3.05) is 20.1 Å². The molecular weight excluding hydrogens is 326 g/mol. The molecule has 134 valence electrons. The van der Waals surface area contributed by atoms with Gasteiger partial charge in [-0.3, -0.25) is 14.6 Å². The zero-order valence-corrected chi connectivity index (χ0v) is 15.2. The molecule has 1 aromatic heterocycles. The van der Waals surface area contributed by atoms with Crippen molar-refractivity contribution in [2.45, 2.75) is 31.1 Å². The number of likely N-dealkylation sites (N-methyl/N-ethyl adjacent to an activating group) is 1. The van der Waals surface area contributed by atoms with E-state index in [0.29, 0.717) is 18.7 Å². The van der Waals surface area contributed by atoms with E-state index in [4.69, 9.17) is 0 Å². The van der Waals surface area contributed by atoms with Crippen molar-refractivity contribution in [1.29, 1.82) is 0 Å². The number of aryl methyl sites for hydroxylation is 1. The van der Waals surface area contributed by atoms with Crippen LogP contribution in [0.4, 0.5) is 0 Å². The van der Waals surface area contributed by atoms with Gasteiger partial charge in [0.15, 0.2) is 0 Å². The van der Waals surface area contributed by atoms with Gasteiger partial charge in [0, 0.05) is 37.3 Å². The monoisotopic (exact) mass is 349 g/mol. The van der Waals surface area contributed by atoms with Gasteiger partial charge in [-0.25, -0.2) is 0 Å². The third-order valence-electron chi connectivity index (χ3n) is 5.65. The van der Waals surface area contributed by atoms with Crippen LogP contribution >= 0.6 is 0 Å². The lowest BCUT2D eigenvalue weighted by molar-refractivity contribution is -0.123. The van der Waals surface area contributed by atoms with Crippen LogP contribution in [0.25, 0.3) is 0 Å². The molecule has 0 saturated heterocycles. The molecule has 4 rings (SSSR count). The van der Waals surface area contributed by atoms with Crippen molar-refractivity contribution in [1.82, 2.24) is 15.2 Å². The molecule has 1 aromatic carbocycles. The maximum absolute atomic E-state index is 12.9. The number of pyridine rings is 1. The SMILES string of the molecule is Cc1cccnc1C1(CNC(=O)C2CN(C)C(=O)c3ccccc32)CC1. The first-order valence-electron chi connectivity index (χ1n) is 9.06. The van der Waals surface area contributed by atoms with E-state index in [9.17, 15) is 9.59 Å². The highest BCUT2D eigenvalue weighted by Crippen LogP contribution is 2.47. The minimum absolute atomic E-state index is 0.0170. The fourth-order valence-electron chi connectivity index (χ4n) is 3.95. The zero-order chi connectivity index (χ0) is 18.3. The normalized spacial score (nSPS) is 20.5. The van der Waals surface area contributed by atoms with Crippen molar-refractivity contribution >= 4 is 11.8 Å². The van der Waals surface area contributed by atoms with Crippen molar-refractivity contribution in [3.63, 3.8) is 0 Å². The summed E-state index contributed by atoms with van der Waals surface area (Å²) in [5, 5.41) is 3.14. The summed E-state index contributed by atoms with van der Waals surface area (Å²) in [5.41, 5.74) is 3.69. The van der Waals surface area contributed by atoms with Gasteiger partial charge in [-0.15, -0.1) is 0 Å². The molecule has 2 aromatic rings. The van der Waals surface area contributed by atoms with Crippen LogP contribution in [-0.4, -0.2) is 41.8 Å². The Bertz CT molecular complexity index is 873. The Balaban J connectivity index is 1.52. The first-order chi connectivity index (χ1) is 12.5. The quantitative estimate of drug-likeness (QED) is 0.922. The molecule has 1 fully saturated rings. The zero-order valence-electron chi connectivity index (χ0n) is 15.2. The summed E-state index contributed by atoms with van der Waals surface area (Å²) in [6, 6.07) is 11.4. The summed E-state index contributed by atoms with van der Waals surface area (Å²) in [6.07, 6.45) is 3.91. The van der Waals surface area contributed by atoms with Crippen LogP contribution in [0, 0.1) is 6.92 Å². The van der Waals surface area contributed by atoms with E-state index < -0.39 is 0 Å². The van der Waals surface area contributed by atoms with E-state index in [1.54, 1.807) is 18.0 Å². The minimum Gasteiger partial charge on any atom is -0.355 e. The minimum atomic E-state index is -0.325. The van der Waals surface area contributed by atoms with Crippen LogP contribution in [0.2, 0.25) is 0 Å². The second-order valence-corrected chi connectivity index (χ2v) is 7.49. The van der Waals surface area contributed by atoms with Gasteiger partial charge in [0.25, 0.3) is 5.91 Å². The molecule has 1 unspecified atom stereocenters. The number of amides is 2. The number of nitrogens with zero attached hydrogens (tertiary/aromatic N) is 2. The Hall–Kier alpha value is -2.69. The van der Waals surface area contributed by atoms with E-state index in [2.05, 4.69) is 23.3 Å². The van der Waals surface area contributed by atoms with Gasteiger partial charge in [0.1, 0.15) is 0 Å². The largest absolute Gasteiger partial charge is 0.355 e. The lowest BCUT2D eigenvalue weighted by Crippen LogP contribution is -2.44. The maximum atomic E-state index is 12.9. The van der Waals surface area contributed by atoms with Crippen LogP contribution in [0.3, 0.4) is 0 Å². The Kier molecular flexibility index (Phi) is 4.02. The molecule has 0 spiro atoms. The first kappa shape index (κ1) is 16.8. The Labute approximate surface area is 153 Å². The van der Waals surface area contributed by atoms with E-state index in [1.165, 1.54) is 5.56 Å². The molecule has 1 aliphatic heterocycles. The van der Waals surface area contributed by atoms with Gasteiger partial charge in [0.2, 0.25) is 5.91 Å². The number of fused-ring (bicyclic) bond motifs is 1. The van der Waals surface area contributed by atoms with Crippen molar-refractivity contribution in [2.24, 2.45) is 0 Å². The molecule has 2 heterocycles. The van der Waals surface area contributed by atoms with E-state index in [0.717, 1.165) is 24.1 Å². The van der Waals surface area contributed by atoms with Crippen LogP contribution in [0.5, 0.6) is 0 Å². The van der Waals surface area contributed by atoms with Gasteiger partial charge in [0.05, 0.1) is 11.6 Å². The fraction of sp³-hybridized carbons (Fsp3) is 0.381. The third-order valence-corrected chi connectivity index (χ3v) is 5.65. The fourth-order valence-corrected chi connectivity index (χ4v) is 3.95. The summed E-state index contributed by atoms with van der Waals surface area (Å²) in [4.78, 5) is 31.4. The topological polar surface area (TPSA) is 62.3 Å². The van der Waals surface area contributed by atoms with Crippen molar-refractivity contribution in [3.05, 3.63) is 65.0 Å². The highest BCUT2D eigenvalue weighted by molar-refractivity contribution is 6.00. The van der Waals surface area contributed by atoms with Gasteiger partial charge >= 0.3 is 0 Å². The highest BCUT2D eigenvalue weighted by atomic mass is 16.2. The lowest BCUT2D eigenvalue weighted by atomic mass is 9.88. The van der Waals surface area contributed by atoms with Gasteiger partial charge in [-0.1, -0.05) is 24.3 Å². The molecule has 1 saturated carbocycles. The number of carbonyl (C=O) groups is 2. The number of benzene rings is 1. The van der Waals surface area contributed by atoms with Gasteiger partial charge in [-0.05, 0) is 43.0 Å². The van der Waals surface area contributed by atoms with Crippen LogP contribution in [0.1, 0.15) is 45.9 Å². The molecule has 5 nitrogen and oxygen atoms in total. The Morgan fingerprint density at radius 3 is 2.77 bits per heavy atom. The summed E-state index contributed by atoms with van der Waals surface area (Å²) < 4.78 is 0. The van der Waals surface area contributed by atoms with Crippen LogP contribution < -0.4 is 5.32 Å². The van der Waals surface area contributed by atoms with Crippen LogP contribution in [0.15, 0.2) is 42.6 Å². The molecule has 1 aliphatic carbocycles. The van der Waals surface area contributed by atoms with E-state index in [-0.39, 0.29) is 23.1 Å². The Morgan fingerprint density at radius 2 is 2.04 bits per heavy atom. The molecule has 0 bridgehead atoms. The molecule has 5 heteroatoms. The average Bonchev–Trinajstić information content (AvgIpc) is 3.44. The maximum Gasteiger partial charge on any atom is 0.253 e. The molecule has 0 radical (unpaired) electrons. The molecule has 26 heavy (non-hydrogen) atoms. The number of carbonyl (C=O) groups excluding carboxylic acids is 2. The highest BCUT2D eigenvalue weighted by Gasteiger charge is 2.47. The predicted octanol–water partition coefficient (Wildman–Crippen LogP) is 2.41. The average molecular weight is 349 g/mol. The molecule has 1 N–H and O–H groups in total. The second-order valence-electron chi connectivity index (χ2n) is 7.49. The molecule has 2 amide bonds. The van der Waals surface area contributed by atoms with Gasteiger partial charge < -0.3 is 10.2 Å². The predicted molar refractivity (Wildman–Crippen MR) is 99.0 cm³/mol. The Morgan fingerprint density at radius 1 is 1.27 bits per heavy atom. The summed E-state index contributed by atoms with van der Waals surface area (Å²) >= 11 is 0. The summed E-state index contributed by atoms with van der Waals surface area (Å²) in [7, 11) is 1.75. The first-order valence-corrected chi connectivity index (χ1v) is 9.06. The molecular formula is C21H23N3O2.